The summed E-state index contributed by atoms with van der Waals surface area (Å²) in [6.07, 6.45) is 0. The molecule has 2 heterocycles. The molecule has 1 aromatic heterocycles. The SMILES string of the molecule is Cc1c(N=N[C@@H]2C(=O)NN(c3ccccc3)C2=O)c(=O)n(-c2ccccc2)n1C. The van der Waals surface area contributed by atoms with Crippen molar-refractivity contribution < 1.29 is 9.59 Å². The lowest BCUT2D eigenvalue weighted by atomic mass is 10.3. The molecule has 2 aromatic carbocycles. The molecule has 1 aliphatic heterocycles. The Balaban J connectivity index is 1.66. The predicted octanol–water partition coefficient (Wildman–Crippen LogP) is 2.01. The molecule has 29 heavy (non-hydrogen) atoms. The van der Waals surface area contributed by atoms with E-state index in [1.54, 1.807) is 61.1 Å². The molecule has 9 heteroatoms. The molecule has 146 valence electrons. The number of carbonyl (C=O) groups excluding carboxylic acids is 2. The van der Waals surface area contributed by atoms with Crippen molar-refractivity contribution >= 4 is 23.2 Å². The number of hydrazine groups is 1. The largest absolute Gasteiger partial charge is 0.299 e. The van der Waals surface area contributed by atoms with Gasteiger partial charge in [0.2, 0.25) is 6.04 Å². The summed E-state index contributed by atoms with van der Waals surface area (Å²) in [4.78, 5) is 37.7. The van der Waals surface area contributed by atoms with Gasteiger partial charge in [-0.2, -0.15) is 5.11 Å². The smallest absolute Gasteiger partial charge is 0.283 e. The Morgan fingerprint density at radius 2 is 1.48 bits per heavy atom. The molecule has 4 rings (SSSR count). The molecule has 0 bridgehead atoms. The summed E-state index contributed by atoms with van der Waals surface area (Å²) in [5.41, 5.74) is 3.93. The molecular formula is C20H18N6O3. The molecule has 2 amide bonds. The van der Waals surface area contributed by atoms with Crippen LogP contribution in [0.5, 0.6) is 0 Å². The Bertz CT molecular complexity index is 1160. The highest BCUT2D eigenvalue weighted by atomic mass is 16.2. The summed E-state index contributed by atoms with van der Waals surface area (Å²) in [5, 5.41) is 9.01. The lowest BCUT2D eigenvalue weighted by Crippen LogP contribution is -2.35. The molecule has 3 aromatic rings. The summed E-state index contributed by atoms with van der Waals surface area (Å²) < 4.78 is 3.11. The zero-order valence-electron chi connectivity index (χ0n) is 15.8. The van der Waals surface area contributed by atoms with Crippen molar-refractivity contribution in [1.29, 1.82) is 0 Å². The highest BCUT2D eigenvalue weighted by Crippen LogP contribution is 2.21. The molecule has 1 aliphatic rings. The van der Waals surface area contributed by atoms with E-state index in [0.29, 0.717) is 17.1 Å². The molecule has 1 N–H and O–H groups in total. The number of nitrogens with one attached hydrogen (secondary N) is 1. The maximum Gasteiger partial charge on any atom is 0.299 e. The zero-order valence-corrected chi connectivity index (χ0v) is 15.8. The highest BCUT2D eigenvalue weighted by molar-refractivity contribution is 6.17. The second kappa shape index (κ2) is 7.19. The van der Waals surface area contributed by atoms with Crippen LogP contribution in [0.4, 0.5) is 11.4 Å². The van der Waals surface area contributed by atoms with E-state index < -0.39 is 17.9 Å². The number of hydrogen-bond acceptors (Lipinski definition) is 5. The summed E-state index contributed by atoms with van der Waals surface area (Å²) in [6.45, 7) is 1.72. The Kier molecular flexibility index (Phi) is 4.55. The lowest BCUT2D eigenvalue weighted by molar-refractivity contribution is -0.124. The monoisotopic (exact) mass is 390 g/mol. The first-order valence-electron chi connectivity index (χ1n) is 8.93. The number of hydrogen-bond donors (Lipinski definition) is 1. The normalized spacial score (nSPS) is 16.6. The summed E-state index contributed by atoms with van der Waals surface area (Å²) in [5.74, 6) is -1.15. The van der Waals surface area contributed by atoms with E-state index >= 15 is 0 Å². The number of para-hydroxylation sites is 2. The molecule has 1 saturated heterocycles. The minimum Gasteiger partial charge on any atom is -0.283 e. The molecule has 1 atom stereocenters. The highest BCUT2D eigenvalue weighted by Gasteiger charge is 2.40. The Hall–Kier alpha value is -4.01. The fraction of sp³-hybridized carbons (Fsp3) is 0.150. The topological polar surface area (TPSA) is 101 Å². The van der Waals surface area contributed by atoms with Crippen LogP contribution in [0.15, 0.2) is 75.7 Å². The lowest BCUT2D eigenvalue weighted by Gasteiger charge is -2.14. The van der Waals surface area contributed by atoms with E-state index in [-0.39, 0.29) is 11.2 Å². The van der Waals surface area contributed by atoms with Crippen molar-refractivity contribution in [3.05, 3.63) is 76.7 Å². The number of anilines is 1. The van der Waals surface area contributed by atoms with Gasteiger partial charge in [0.1, 0.15) is 0 Å². The van der Waals surface area contributed by atoms with Crippen LogP contribution in [-0.4, -0.2) is 27.2 Å². The third-order valence-electron chi connectivity index (χ3n) is 4.74. The molecule has 9 nitrogen and oxygen atoms in total. The first-order chi connectivity index (χ1) is 14.0. The molecule has 0 unspecified atom stereocenters. The van der Waals surface area contributed by atoms with Crippen LogP contribution < -0.4 is 16.0 Å². The average molecular weight is 390 g/mol. The fourth-order valence-electron chi connectivity index (χ4n) is 3.12. The number of aromatic nitrogens is 2. The number of azo groups is 1. The molecule has 0 saturated carbocycles. The minimum absolute atomic E-state index is 0.0788. The van der Waals surface area contributed by atoms with Gasteiger partial charge in [0, 0.05) is 7.05 Å². The first kappa shape index (κ1) is 18.4. The van der Waals surface area contributed by atoms with Crippen molar-refractivity contribution in [2.75, 3.05) is 5.01 Å². The molecule has 1 fully saturated rings. The second-order valence-corrected chi connectivity index (χ2v) is 6.51. The van der Waals surface area contributed by atoms with E-state index in [4.69, 9.17) is 0 Å². The fourth-order valence-corrected chi connectivity index (χ4v) is 3.12. The van der Waals surface area contributed by atoms with E-state index in [0.717, 1.165) is 5.01 Å². The summed E-state index contributed by atoms with van der Waals surface area (Å²) in [6, 6.07) is 16.4. The van der Waals surface area contributed by atoms with E-state index in [1.165, 1.54) is 4.68 Å². The predicted molar refractivity (Wildman–Crippen MR) is 106 cm³/mol. The van der Waals surface area contributed by atoms with Gasteiger partial charge in [-0.25, -0.2) is 9.69 Å². The van der Waals surface area contributed by atoms with Crippen LogP contribution in [0.3, 0.4) is 0 Å². The van der Waals surface area contributed by atoms with Crippen molar-refractivity contribution in [1.82, 2.24) is 14.8 Å². The van der Waals surface area contributed by atoms with Gasteiger partial charge in [-0.15, -0.1) is 5.11 Å². The van der Waals surface area contributed by atoms with E-state index in [9.17, 15) is 14.4 Å². The number of benzene rings is 2. The minimum atomic E-state index is -1.35. The maximum absolute atomic E-state index is 12.9. The van der Waals surface area contributed by atoms with Crippen molar-refractivity contribution in [2.24, 2.45) is 17.3 Å². The third kappa shape index (κ3) is 3.12. The molecule has 0 aliphatic carbocycles. The van der Waals surface area contributed by atoms with E-state index in [2.05, 4.69) is 15.7 Å². The number of amides is 2. The van der Waals surface area contributed by atoms with Gasteiger partial charge < -0.3 is 0 Å². The summed E-state index contributed by atoms with van der Waals surface area (Å²) >= 11 is 0. The van der Waals surface area contributed by atoms with Crippen molar-refractivity contribution in [3.63, 3.8) is 0 Å². The van der Waals surface area contributed by atoms with Gasteiger partial charge in [-0.1, -0.05) is 36.4 Å². The second-order valence-electron chi connectivity index (χ2n) is 6.51. The standard InChI is InChI=1S/C20H18N6O3/c1-13-16(20(29)26(24(13)2)15-11-7-4-8-12-15)21-22-17-18(27)23-25(19(17)28)14-9-5-3-6-10-14/h3-12,17H,1-2H3,(H,23,27)/t17-/m1/s1. The number of rotatable bonds is 4. The van der Waals surface area contributed by atoms with Crippen LogP contribution in [-0.2, 0) is 16.6 Å². The van der Waals surface area contributed by atoms with Gasteiger partial charge >= 0.3 is 0 Å². The Morgan fingerprint density at radius 3 is 2.10 bits per heavy atom. The van der Waals surface area contributed by atoms with Crippen molar-refractivity contribution in [2.45, 2.75) is 13.0 Å². The Morgan fingerprint density at radius 1 is 0.897 bits per heavy atom. The van der Waals surface area contributed by atoms with Gasteiger partial charge in [0.15, 0.2) is 5.69 Å². The van der Waals surface area contributed by atoms with Gasteiger partial charge in [-0.05, 0) is 31.2 Å². The van der Waals surface area contributed by atoms with Gasteiger partial charge in [0.05, 0.1) is 17.1 Å². The third-order valence-corrected chi connectivity index (χ3v) is 4.74. The number of carbonyl (C=O) groups is 2. The van der Waals surface area contributed by atoms with Crippen LogP contribution >= 0.6 is 0 Å². The maximum atomic E-state index is 12.9. The molecule has 0 radical (unpaired) electrons. The zero-order chi connectivity index (χ0) is 20.5. The van der Waals surface area contributed by atoms with Gasteiger partial charge in [0.25, 0.3) is 17.4 Å². The van der Waals surface area contributed by atoms with E-state index in [1.807, 2.05) is 18.2 Å². The van der Waals surface area contributed by atoms with Crippen LogP contribution in [0.2, 0.25) is 0 Å². The quantitative estimate of drug-likeness (QED) is 0.545. The Labute approximate surface area is 165 Å². The van der Waals surface area contributed by atoms with Crippen LogP contribution in [0, 0.1) is 6.92 Å². The number of nitrogens with zero attached hydrogens (tertiary/aromatic N) is 5. The summed E-state index contributed by atoms with van der Waals surface area (Å²) in [7, 11) is 1.73. The first-order valence-corrected chi connectivity index (χ1v) is 8.93. The van der Waals surface area contributed by atoms with Gasteiger partial charge in [-0.3, -0.25) is 24.5 Å². The molecule has 0 spiro atoms. The van der Waals surface area contributed by atoms with Crippen molar-refractivity contribution in [3.8, 4) is 5.69 Å². The van der Waals surface area contributed by atoms with Crippen LogP contribution in [0.1, 0.15) is 5.69 Å². The van der Waals surface area contributed by atoms with Crippen LogP contribution in [0.25, 0.3) is 5.69 Å². The average Bonchev–Trinajstić information content (AvgIpc) is 3.14. The molecular weight excluding hydrogens is 372 g/mol.